The Morgan fingerprint density at radius 2 is 2.20 bits per heavy atom. The molecule has 1 amide bonds. The molecule has 1 atom stereocenters. The molecule has 1 aliphatic rings. The Balaban J connectivity index is 2.27. The summed E-state index contributed by atoms with van der Waals surface area (Å²) in [4.78, 5) is 18.1. The van der Waals surface area contributed by atoms with Crippen LogP contribution >= 0.6 is 0 Å². The Morgan fingerprint density at radius 3 is 2.80 bits per heavy atom. The fourth-order valence-corrected chi connectivity index (χ4v) is 2.23. The van der Waals surface area contributed by atoms with Crippen LogP contribution in [0.15, 0.2) is 12.3 Å². The first kappa shape index (κ1) is 14.8. The van der Waals surface area contributed by atoms with Gasteiger partial charge in [0.1, 0.15) is 5.60 Å². The molecule has 0 aliphatic carbocycles. The smallest absolute Gasteiger partial charge is 0.414 e. The highest BCUT2D eigenvalue weighted by Gasteiger charge is 2.27. The number of fused-ring (bicyclic) bond motifs is 1. The first-order valence-corrected chi connectivity index (χ1v) is 6.95. The molecule has 2 rings (SSSR count). The maximum absolute atomic E-state index is 12.2. The molecule has 0 spiro atoms. The number of hydrogen-bond donors (Lipinski definition) is 1. The van der Waals surface area contributed by atoms with Gasteiger partial charge in [0.25, 0.3) is 0 Å². The second kappa shape index (κ2) is 5.40. The topological polar surface area (TPSA) is 62.7 Å². The van der Waals surface area contributed by atoms with Crippen LogP contribution in [0.3, 0.4) is 0 Å². The molecule has 5 nitrogen and oxygen atoms in total. The molecule has 5 heteroatoms. The molecule has 1 aliphatic heterocycles. The number of aliphatic hydroxyl groups excluding tert-OH is 1. The van der Waals surface area contributed by atoms with E-state index in [0.29, 0.717) is 12.2 Å². The zero-order valence-corrected chi connectivity index (χ0v) is 12.5. The Morgan fingerprint density at radius 1 is 1.50 bits per heavy atom. The number of nitrogens with zero attached hydrogens (tertiary/aromatic N) is 2. The lowest BCUT2D eigenvalue weighted by atomic mass is 10.0. The van der Waals surface area contributed by atoms with E-state index < -0.39 is 11.7 Å². The fraction of sp³-hybridized carbons (Fsp3) is 0.600. The van der Waals surface area contributed by atoms with E-state index in [0.717, 1.165) is 24.1 Å². The normalized spacial score (nSPS) is 16.6. The summed E-state index contributed by atoms with van der Waals surface area (Å²) in [6.07, 6.45) is 2.48. The van der Waals surface area contributed by atoms with Crippen molar-refractivity contribution in [2.75, 3.05) is 11.4 Å². The van der Waals surface area contributed by atoms with Gasteiger partial charge in [-0.25, -0.2) is 4.79 Å². The number of amides is 1. The lowest BCUT2D eigenvalue weighted by molar-refractivity contribution is 0.0577. The standard InChI is InChI=1S/C15H22N2O3/c1-10(18)12-8-11-6-5-7-17(13(11)9-16-12)14(19)20-15(2,3)4/h8-10,18H,5-7H2,1-4H3/t10-/m0/s1. The second-order valence-electron chi connectivity index (χ2n) is 6.15. The highest BCUT2D eigenvalue weighted by molar-refractivity contribution is 5.89. The van der Waals surface area contributed by atoms with E-state index in [1.807, 2.05) is 26.8 Å². The number of hydrogen-bond acceptors (Lipinski definition) is 4. The number of ether oxygens (including phenoxy) is 1. The molecule has 0 bridgehead atoms. The van der Waals surface area contributed by atoms with E-state index >= 15 is 0 Å². The first-order valence-electron chi connectivity index (χ1n) is 6.95. The van der Waals surface area contributed by atoms with E-state index in [2.05, 4.69) is 4.98 Å². The van der Waals surface area contributed by atoms with Crippen LogP contribution in [0, 0.1) is 0 Å². The zero-order valence-electron chi connectivity index (χ0n) is 12.5. The average molecular weight is 278 g/mol. The van der Waals surface area contributed by atoms with Crippen molar-refractivity contribution in [3.8, 4) is 0 Å². The molecule has 0 fully saturated rings. The Kier molecular flexibility index (Phi) is 3.99. The van der Waals surface area contributed by atoms with E-state index in [4.69, 9.17) is 4.74 Å². The number of carbonyl (C=O) groups excluding carboxylic acids is 1. The van der Waals surface area contributed by atoms with Crippen molar-refractivity contribution in [3.05, 3.63) is 23.5 Å². The number of aliphatic hydroxyl groups is 1. The molecule has 2 heterocycles. The van der Waals surface area contributed by atoms with Gasteiger partial charge in [-0.3, -0.25) is 9.88 Å². The molecular weight excluding hydrogens is 256 g/mol. The van der Waals surface area contributed by atoms with E-state index in [9.17, 15) is 9.90 Å². The van der Waals surface area contributed by atoms with E-state index in [1.54, 1.807) is 18.0 Å². The molecular formula is C15H22N2O3. The predicted octanol–water partition coefficient (Wildman–Crippen LogP) is 2.82. The lowest BCUT2D eigenvalue weighted by Crippen LogP contribution is -2.40. The van der Waals surface area contributed by atoms with Crippen molar-refractivity contribution < 1.29 is 14.6 Å². The second-order valence-corrected chi connectivity index (χ2v) is 6.15. The third kappa shape index (κ3) is 3.28. The van der Waals surface area contributed by atoms with Gasteiger partial charge in [0, 0.05) is 6.54 Å². The van der Waals surface area contributed by atoms with Gasteiger partial charge in [-0.1, -0.05) is 0 Å². The maximum Gasteiger partial charge on any atom is 0.414 e. The molecule has 0 aromatic carbocycles. The van der Waals surface area contributed by atoms with Gasteiger partial charge in [0.2, 0.25) is 0 Å². The van der Waals surface area contributed by atoms with Crippen LogP contribution in [0.25, 0.3) is 0 Å². The highest BCUT2D eigenvalue weighted by Crippen LogP contribution is 2.29. The van der Waals surface area contributed by atoms with Crippen molar-refractivity contribution >= 4 is 11.8 Å². The summed E-state index contributed by atoms with van der Waals surface area (Å²) in [6.45, 7) is 7.88. The summed E-state index contributed by atoms with van der Waals surface area (Å²) in [6, 6.07) is 1.87. The van der Waals surface area contributed by atoms with Crippen LogP contribution in [0.4, 0.5) is 10.5 Å². The van der Waals surface area contributed by atoms with Crippen LogP contribution in [-0.2, 0) is 11.2 Å². The third-order valence-corrected chi connectivity index (χ3v) is 3.15. The van der Waals surface area contributed by atoms with Gasteiger partial charge in [0.15, 0.2) is 0 Å². The number of anilines is 1. The Labute approximate surface area is 119 Å². The molecule has 0 saturated heterocycles. The van der Waals surface area contributed by atoms with Crippen LogP contribution in [0.1, 0.15) is 51.5 Å². The summed E-state index contributed by atoms with van der Waals surface area (Å²) >= 11 is 0. The monoisotopic (exact) mass is 278 g/mol. The zero-order chi connectivity index (χ0) is 14.9. The average Bonchev–Trinajstić information content (AvgIpc) is 2.35. The van der Waals surface area contributed by atoms with Crippen molar-refractivity contribution in [3.63, 3.8) is 0 Å². The summed E-state index contributed by atoms with van der Waals surface area (Å²) in [5, 5.41) is 9.59. The molecule has 1 N–H and O–H groups in total. The molecule has 1 aromatic rings. The van der Waals surface area contributed by atoms with Gasteiger partial charge >= 0.3 is 6.09 Å². The van der Waals surface area contributed by atoms with Crippen LogP contribution in [0.2, 0.25) is 0 Å². The lowest BCUT2D eigenvalue weighted by Gasteiger charge is -2.31. The van der Waals surface area contributed by atoms with Crippen molar-refractivity contribution in [1.82, 2.24) is 4.98 Å². The van der Waals surface area contributed by atoms with Crippen LogP contribution in [-0.4, -0.2) is 28.3 Å². The number of carbonyl (C=O) groups is 1. The van der Waals surface area contributed by atoms with Crippen LogP contribution in [0.5, 0.6) is 0 Å². The van der Waals surface area contributed by atoms with Crippen molar-refractivity contribution in [2.24, 2.45) is 0 Å². The highest BCUT2D eigenvalue weighted by atomic mass is 16.6. The van der Waals surface area contributed by atoms with Gasteiger partial charge in [0.05, 0.1) is 23.7 Å². The number of pyridine rings is 1. The maximum atomic E-state index is 12.2. The summed E-state index contributed by atoms with van der Waals surface area (Å²) < 4.78 is 5.42. The van der Waals surface area contributed by atoms with E-state index in [1.165, 1.54) is 0 Å². The minimum atomic E-state index is -0.600. The van der Waals surface area contributed by atoms with Crippen LogP contribution < -0.4 is 4.90 Å². The first-order chi connectivity index (χ1) is 9.28. The van der Waals surface area contributed by atoms with Gasteiger partial charge in [-0.15, -0.1) is 0 Å². The minimum absolute atomic E-state index is 0.343. The predicted molar refractivity (Wildman–Crippen MR) is 76.8 cm³/mol. The number of aromatic nitrogens is 1. The van der Waals surface area contributed by atoms with Gasteiger partial charge in [-0.2, -0.15) is 0 Å². The SMILES string of the molecule is C[C@H](O)c1cc2c(cn1)N(C(=O)OC(C)(C)C)CCC2. The minimum Gasteiger partial charge on any atom is -0.443 e. The van der Waals surface area contributed by atoms with Crippen molar-refractivity contribution in [1.29, 1.82) is 0 Å². The number of rotatable bonds is 1. The van der Waals surface area contributed by atoms with E-state index in [-0.39, 0.29) is 6.09 Å². The Hall–Kier alpha value is -1.62. The van der Waals surface area contributed by atoms with Gasteiger partial charge in [-0.05, 0) is 52.2 Å². The third-order valence-electron chi connectivity index (χ3n) is 3.15. The largest absolute Gasteiger partial charge is 0.443 e. The molecule has 110 valence electrons. The number of aryl methyl sites for hydroxylation is 1. The fourth-order valence-electron chi connectivity index (χ4n) is 2.23. The quantitative estimate of drug-likeness (QED) is 0.858. The van der Waals surface area contributed by atoms with Crippen molar-refractivity contribution in [2.45, 2.75) is 52.2 Å². The summed E-state index contributed by atoms with van der Waals surface area (Å²) in [5.74, 6) is 0. The Bertz CT molecular complexity index is 506. The molecule has 0 radical (unpaired) electrons. The molecule has 20 heavy (non-hydrogen) atoms. The molecule has 0 saturated carbocycles. The molecule has 0 unspecified atom stereocenters. The summed E-state index contributed by atoms with van der Waals surface area (Å²) in [7, 11) is 0. The molecule has 1 aromatic heterocycles. The van der Waals surface area contributed by atoms with Gasteiger partial charge < -0.3 is 9.84 Å². The summed E-state index contributed by atoms with van der Waals surface area (Å²) in [5.41, 5.74) is 1.94.